The summed E-state index contributed by atoms with van der Waals surface area (Å²) < 4.78 is 0. The number of nitrogens with zero attached hydrogens (tertiary/aromatic N) is 5. The largest absolute Gasteiger partial charge is 0.346 e. The van der Waals surface area contributed by atoms with E-state index in [0.717, 1.165) is 48.3 Å². The molecule has 2 aliphatic heterocycles. The van der Waals surface area contributed by atoms with Gasteiger partial charge in [0.15, 0.2) is 0 Å². The molecule has 0 radical (unpaired) electrons. The number of carbonyl (C=O) groups is 1. The minimum absolute atomic E-state index is 0.242. The Hall–Kier alpha value is -2.02. The third kappa shape index (κ3) is 2.59. The summed E-state index contributed by atoms with van der Waals surface area (Å²) in [5.41, 5.74) is 0.710. The highest BCUT2D eigenvalue weighted by Crippen LogP contribution is 2.42. The molecule has 2 aromatic rings. The van der Waals surface area contributed by atoms with Gasteiger partial charge >= 0.3 is 0 Å². The van der Waals surface area contributed by atoms with E-state index in [1.165, 1.54) is 0 Å². The predicted molar refractivity (Wildman–Crippen MR) is 88.2 cm³/mol. The van der Waals surface area contributed by atoms with Crippen molar-refractivity contribution in [2.75, 3.05) is 24.5 Å². The molecule has 2 fully saturated rings. The molecule has 120 valence electrons. The summed E-state index contributed by atoms with van der Waals surface area (Å²) >= 11 is 1.60. The van der Waals surface area contributed by atoms with Gasteiger partial charge in [-0.25, -0.2) is 0 Å². The molecule has 1 amide bonds. The van der Waals surface area contributed by atoms with Gasteiger partial charge in [0.25, 0.3) is 0 Å². The van der Waals surface area contributed by atoms with Crippen LogP contribution in [0, 0.1) is 12.3 Å². The fraction of sp³-hybridized carbons (Fsp3) is 0.500. The maximum Gasteiger partial charge on any atom is 0.231 e. The summed E-state index contributed by atoms with van der Waals surface area (Å²) in [5.74, 6) is 0.270. The van der Waals surface area contributed by atoms with Crippen LogP contribution in [0.25, 0.3) is 0 Å². The molecule has 1 atom stereocenters. The molecular weight excluding hydrogens is 310 g/mol. The van der Waals surface area contributed by atoms with Gasteiger partial charge in [0.2, 0.25) is 11.0 Å². The van der Waals surface area contributed by atoms with E-state index in [-0.39, 0.29) is 11.3 Å². The molecule has 2 aromatic heterocycles. The molecule has 2 aliphatic rings. The van der Waals surface area contributed by atoms with E-state index in [0.29, 0.717) is 6.54 Å². The summed E-state index contributed by atoms with van der Waals surface area (Å²) in [6.45, 7) is 5.04. The average Bonchev–Trinajstić information content (AvgIpc) is 3.25. The Labute approximate surface area is 139 Å². The molecule has 0 bridgehead atoms. The van der Waals surface area contributed by atoms with Crippen molar-refractivity contribution in [3.05, 3.63) is 35.1 Å². The summed E-state index contributed by atoms with van der Waals surface area (Å²) in [6.07, 6.45) is 3.61. The standard InChI is InChI=1S/C16H19N5OS/c1-12-18-19-15(23-12)21-9-6-16(11-21)5-8-20(14(16)22)10-13-4-2-3-7-17-13/h2-4,7H,5-6,8-11H2,1H3. The predicted octanol–water partition coefficient (Wildman–Crippen LogP) is 1.87. The van der Waals surface area contributed by atoms with E-state index in [2.05, 4.69) is 20.1 Å². The van der Waals surface area contributed by atoms with Gasteiger partial charge in [0.1, 0.15) is 5.01 Å². The highest BCUT2D eigenvalue weighted by molar-refractivity contribution is 7.15. The van der Waals surface area contributed by atoms with Crippen molar-refractivity contribution in [2.45, 2.75) is 26.3 Å². The van der Waals surface area contributed by atoms with Crippen molar-refractivity contribution in [1.29, 1.82) is 0 Å². The quantitative estimate of drug-likeness (QED) is 0.860. The van der Waals surface area contributed by atoms with Crippen LogP contribution in [-0.4, -0.2) is 45.6 Å². The van der Waals surface area contributed by atoms with Gasteiger partial charge in [-0.05, 0) is 31.9 Å². The molecule has 1 unspecified atom stereocenters. The van der Waals surface area contributed by atoms with Crippen molar-refractivity contribution < 1.29 is 4.79 Å². The van der Waals surface area contributed by atoms with E-state index in [4.69, 9.17) is 0 Å². The Bertz CT molecular complexity index is 718. The number of hydrogen-bond acceptors (Lipinski definition) is 6. The first-order chi connectivity index (χ1) is 11.2. The first kappa shape index (κ1) is 14.6. The van der Waals surface area contributed by atoms with E-state index < -0.39 is 0 Å². The number of pyridine rings is 1. The molecule has 23 heavy (non-hydrogen) atoms. The number of rotatable bonds is 3. The SMILES string of the molecule is Cc1nnc(N2CCC3(CCN(Cc4ccccn4)C3=O)C2)s1. The lowest BCUT2D eigenvalue weighted by Crippen LogP contribution is -2.36. The van der Waals surface area contributed by atoms with E-state index in [1.807, 2.05) is 30.0 Å². The summed E-state index contributed by atoms with van der Waals surface area (Å²) in [7, 11) is 0. The summed E-state index contributed by atoms with van der Waals surface area (Å²) in [6, 6.07) is 5.84. The van der Waals surface area contributed by atoms with Crippen LogP contribution in [-0.2, 0) is 11.3 Å². The number of likely N-dealkylation sites (tertiary alicyclic amines) is 1. The second-order valence-electron chi connectivity index (χ2n) is 6.35. The normalized spacial score (nSPS) is 24.1. The highest BCUT2D eigenvalue weighted by atomic mass is 32.1. The van der Waals surface area contributed by atoms with Crippen LogP contribution in [0.2, 0.25) is 0 Å². The van der Waals surface area contributed by atoms with Gasteiger partial charge in [-0.3, -0.25) is 9.78 Å². The number of amides is 1. The molecule has 4 rings (SSSR count). The Kier molecular flexibility index (Phi) is 3.52. The zero-order valence-corrected chi connectivity index (χ0v) is 13.9. The van der Waals surface area contributed by atoms with Crippen molar-refractivity contribution in [3.63, 3.8) is 0 Å². The van der Waals surface area contributed by atoms with Crippen LogP contribution in [0.4, 0.5) is 5.13 Å². The molecule has 0 aromatic carbocycles. The maximum absolute atomic E-state index is 13.0. The first-order valence-electron chi connectivity index (χ1n) is 7.91. The topological polar surface area (TPSA) is 62.2 Å². The number of aromatic nitrogens is 3. The van der Waals surface area contributed by atoms with Crippen LogP contribution in [0.1, 0.15) is 23.5 Å². The second kappa shape index (κ2) is 5.56. The van der Waals surface area contributed by atoms with E-state index in [1.54, 1.807) is 17.5 Å². The Morgan fingerprint density at radius 1 is 1.26 bits per heavy atom. The number of aryl methyl sites for hydroxylation is 1. The smallest absolute Gasteiger partial charge is 0.231 e. The van der Waals surface area contributed by atoms with Crippen LogP contribution < -0.4 is 4.90 Å². The Morgan fingerprint density at radius 3 is 2.87 bits per heavy atom. The lowest BCUT2D eigenvalue weighted by Gasteiger charge is -2.23. The minimum Gasteiger partial charge on any atom is -0.346 e. The second-order valence-corrected chi connectivity index (χ2v) is 7.51. The molecule has 4 heterocycles. The molecule has 6 nitrogen and oxygen atoms in total. The highest BCUT2D eigenvalue weighted by Gasteiger charge is 2.51. The van der Waals surface area contributed by atoms with E-state index >= 15 is 0 Å². The van der Waals surface area contributed by atoms with Crippen LogP contribution in [0.3, 0.4) is 0 Å². The van der Waals surface area contributed by atoms with Crippen molar-refractivity contribution >= 4 is 22.4 Å². The fourth-order valence-corrected chi connectivity index (χ4v) is 4.27. The van der Waals surface area contributed by atoms with Crippen LogP contribution >= 0.6 is 11.3 Å². The molecule has 1 spiro atoms. The van der Waals surface area contributed by atoms with Crippen molar-refractivity contribution in [2.24, 2.45) is 5.41 Å². The van der Waals surface area contributed by atoms with Gasteiger partial charge in [0.05, 0.1) is 17.7 Å². The number of hydrogen-bond donors (Lipinski definition) is 0. The molecule has 2 saturated heterocycles. The Morgan fingerprint density at radius 2 is 2.13 bits per heavy atom. The van der Waals surface area contributed by atoms with Gasteiger partial charge in [0, 0.05) is 25.8 Å². The molecule has 0 aliphatic carbocycles. The zero-order valence-electron chi connectivity index (χ0n) is 13.1. The van der Waals surface area contributed by atoms with Crippen molar-refractivity contribution in [3.8, 4) is 0 Å². The minimum atomic E-state index is -0.242. The third-order valence-electron chi connectivity index (χ3n) is 4.82. The number of carbonyl (C=O) groups excluding carboxylic acids is 1. The fourth-order valence-electron chi connectivity index (χ4n) is 3.56. The van der Waals surface area contributed by atoms with Crippen LogP contribution in [0.5, 0.6) is 0 Å². The molecule has 0 N–H and O–H groups in total. The van der Waals surface area contributed by atoms with Crippen LogP contribution in [0.15, 0.2) is 24.4 Å². The molecular formula is C16H19N5OS. The number of anilines is 1. The first-order valence-corrected chi connectivity index (χ1v) is 8.72. The van der Waals surface area contributed by atoms with Gasteiger partial charge < -0.3 is 9.80 Å². The summed E-state index contributed by atoms with van der Waals surface area (Å²) in [5, 5.41) is 10.2. The monoisotopic (exact) mass is 329 g/mol. The van der Waals surface area contributed by atoms with E-state index in [9.17, 15) is 4.79 Å². The van der Waals surface area contributed by atoms with Gasteiger partial charge in [-0.1, -0.05) is 17.4 Å². The van der Waals surface area contributed by atoms with Gasteiger partial charge in [-0.2, -0.15) is 0 Å². The van der Waals surface area contributed by atoms with Crippen molar-refractivity contribution in [1.82, 2.24) is 20.1 Å². The maximum atomic E-state index is 13.0. The lowest BCUT2D eigenvalue weighted by atomic mass is 9.85. The Balaban J connectivity index is 1.47. The molecule has 0 saturated carbocycles. The lowest BCUT2D eigenvalue weighted by molar-refractivity contribution is -0.135. The zero-order chi connectivity index (χ0) is 15.9. The molecule has 7 heteroatoms. The summed E-state index contributed by atoms with van der Waals surface area (Å²) in [4.78, 5) is 21.5. The average molecular weight is 329 g/mol. The van der Waals surface area contributed by atoms with Gasteiger partial charge in [-0.15, -0.1) is 10.2 Å². The third-order valence-corrected chi connectivity index (χ3v) is 5.72.